The third kappa shape index (κ3) is 15.6. The highest BCUT2D eigenvalue weighted by atomic mass is 31.2. The zero-order chi connectivity index (χ0) is 23.7. The maximum Gasteiger partial charge on any atom is 0.412 e. The van der Waals surface area contributed by atoms with Gasteiger partial charge in [0.25, 0.3) is 0 Å². The molecule has 0 aliphatic rings. The number of hydrogen-bond donors (Lipinski definition) is 2. The first-order chi connectivity index (χ1) is 15.3. The van der Waals surface area contributed by atoms with Crippen molar-refractivity contribution in [2.24, 2.45) is 0 Å². The number of amides is 2. The molecule has 0 aliphatic carbocycles. The molecule has 0 heterocycles. The lowest BCUT2D eigenvalue weighted by atomic mass is 10.2. The van der Waals surface area contributed by atoms with Crippen LogP contribution in [0, 0.1) is 0 Å². The fourth-order valence-electron chi connectivity index (χ4n) is 2.47. The number of nitrogens with one attached hydrogen (secondary N) is 2. The normalized spacial score (nSPS) is 12.6. The molecule has 0 radical (unpaired) electrons. The molecule has 0 fully saturated rings. The first-order valence-electron chi connectivity index (χ1n) is 10.8. The summed E-state index contributed by atoms with van der Waals surface area (Å²) in [6.07, 6.45) is 2.92. The fraction of sp³-hybridized carbons (Fsp3) is 0.619. The molecule has 1 rings (SSSR count). The quantitative estimate of drug-likeness (QED) is 0.276. The van der Waals surface area contributed by atoms with Crippen molar-refractivity contribution >= 4 is 19.8 Å². The van der Waals surface area contributed by atoms with Gasteiger partial charge in [-0.25, -0.2) is 9.59 Å². The van der Waals surface area contributed by atoms with Gasteiger partial charge in [-0.1, -0.05) is 31.9 Å². The molecule has 2 amide bonds. The van der Waals surface area contributed by atoms with Crippen molar-refractivity contribution in [3.05, 3.63) is 29.8 Å². The minimum atomic E-state index is -3.64. The molecule has 1 atom stereocenters. The van der Waals surface area contributed by atoms with Crippen LogP contribution >= 0.6 is 7.60 Å². The lowest BCUT2D eigenvalue weighted by Gasteiger charge is -2.17. The number of benzene rings is 1. The average Bonchev–Trinajstić information content (AvgIpc) is 2.74. The van der Waals surface area contributed by atoms with Crippen LogP contribution in [0.4, 0.5) is 9.59 Å². The van der Waals surface area contributed by atoms with Crippen LogP contribution in [0.1, 0.15) is 44.6 Å². The maximum absolute atomic E-state index is 11.7. The minimum absolute atomic E-state index is 0.0939. The standard InChI is InChI=1S/C21H35N2O8P/c1-3-14-28-16-13-23-21(25)31-19-10-8-18(9-11-19)17-29-20(24)22-12-6-4-5-7-15-30-32(2,26)27/h8-11H,3-7,12-17H2,1-2H3,(H,22,24)(H,23,25)(H,26,27)/p-1. The molecule has 1 unspecified atom stereocenters. The van der Waals surface area contributed by atoms with E-state index < -0.39 is 19.8 Å². The van der Waals surface area contributed by atoms with E-state index in [1.165, 1.54) is 0 Å². The van der Waals surface area contributed by atoms with E-state index in [2.05, 4.69) is 15.2 Å². The molecule has 10 nitrogen and oxygen atoms in total. The van der Waals surface area contributed by atoms with E-state index in [1.807, 2.05) is 6.92 Å². The van der Waals surface area contributed by atoms with Crippen LogP contribution in [-0.4, -0.2) is 51.8 Å². The Bertz CT molecular complexity index is 708. The van der Waals surface area contributed by atoms with Gasteiger partial charge < -0.3 is 38.8 Å². The van der Waals surface area contributed by atoms with Crippen LogP contribution in [0.5, 0.6) is 5.75 Å². The van der Waals surface area contributed by atoms with Crippen molar-refractivity contribution < 1.29 is 37.8 Å². The third-order valence-electron chi connectivity index (χ3n) is 4.03. The molecule has 0 spiro atoms. The highest BCUT2D eigenvalue weighted by Gasteiger charge is 2.06. The van der Waals surface area contributed by atoms with E-state index in [9.17, 15) is 19.0 Å². The van der Waals surface area contributed by atoms with Gasteiger partial charge in [-0.2, -0.15) is 0 Å². The molecule has 32 heavy (non-hydrogen) atoms. The van der Waals surface area contributed by atoms with E-state index >= 15 is 0 Å². The summed E-state index contributed by atoms with van der Waals surface area (Å²) in [6.45, 7) is 5.28. The Balaban J connectivity index is 2.10. The number of carbonyl (C=O) groups excluding carboxylic acids is 2. The first kappa shape index (κ1) is 27.9. The van der Waals surface area contributed by atoms with Crippen LogP contribution in [0.3, 0.4) is 0 Å². The van der Waals surface area contributed by atoms with Gasteiger partial charge in [-0.3, -0.25) is 0 Å². The predicted octanol–water partition coefficient (Wildman–Crippen LogP) is 3.19. The predicted molar refractivity (Wildman–Crippen MR) is 118 cm³/mol. The molecular formula is C21H34N2O8P-. The van der Waals surface area contributed by atoms with Crippen LogP contribution in [0.25, 0.3) is 0 Å². The SMILES string of the molecule is CCCOCCNC(=O)Oc1ccc(COC(=O)NCCCCCCOP(C)(=O)[O-])cc1. The monoisotopic (exact) mass is 473 g/mol. The lowest BCUT2D eigenvalue weighted by molar-refractivity contribution is -0.196. The summed E-state index contributed by atoms with van der Waals surface area (Å²) in [7, 11) is -3.64. The summed E-state index contributed by atoms with van der Waals surface area (Å²) in [4.78, 5) is 34.3. The van der Waals surface area contributed by atoms with Crippen molar-refractivity contribution in [3.63, 3.8) is 0 Å². The summed E-state index contributed by atoms with van der Waals surface area (Å²) < 4.78 is 31.1. The highest BCUT2D eigenvalue weighted by molar-refractivity contribution is 7.50. The summed E-state index contributed by atoms with van der Waals surface area (Å²) >= 11 is 0. The van der Waals surface area contributed by atoms with E-state index in [1.54, 1.807) is 24.3 Å². The van der Waals surface area contributed by atoms with Crippen LogP contribution < -0.4 is 20.3 Å². The Kier molecular flexibility index (Phi) is 14.4. The molecule has 0 saturated carbocycles. The van der Waals surface area contributed by atoms with Crippen LogP contribution in [-0.2, 0) is 25.2 Å². The van der Waals surface area contributed by atoms with Gasteiger partial charge in [0.15, 0.2) is 0 Å². The maximum atomic E-state index is 11.7. The van der Waals surface area contributed by atoms with Gasteiger partial charge in [0.1, 0.15) is 20.0 Å². The Morgan fingerprint density at radius 1 is 0.938 bits per heavy atom. The van der Waals surface area contributed by atoms with Crippen LogP contribution in [0.2, 0.25) is 0 Å². The summed E-state index contributed by atoms with van der Waals surface area (Å²) in [5.41, 5.74) is 0.757. The van der Waals surface area contributed by atoms with Gasteiger partial charge in [0.2, 0.25) is 0 Å². The van der Waals surface area contributed by atoms with E-state index in [-0.39, 0.29) is 13.2 Å². The largest absolute Gasteiger partial charge is 0.779 e. The zero-order valence-electron chi connectivity index (χ0n) is 18.8. The first-order valence-corrected chi connectivity index (χ1v) is 12.7. The average molecular weight is 473 g/mol. The molecular weight excluding hydrogens is 439 g/mol. The van der Waals surface area contributed by atoms with Crippen molar-refractivity contribution in [2.45, 2.75) is 45.6 Å². The molecule has 182 valence electrons. The van der Waals surface area contributed by atoms with Crippen LogP contribution in [0.15, 0.2) is 24.3 Å². The number of unbranched alkanes of at least 4 members (excludes halogenated alkanes) is 3. The van der Waals surface area contributed by atoms with Crippen molar-refractivity contribution in [1.82, 2.24) is 10.6 Å². The molecule has 1 aromatic carbocycles. The molecule has 2 N–H and O–H groups in total. The fourth-order valence-corrected chi connectivity index (χ4v) is 2.93. The van der Waals surface area contributed by atoms with Crippen molar-refractivity contribution in [1.29, 1.82) is 0 Å². The topological polar surface area (TPSA) is 135 Å². The molecule has 0 aromatic heterocycles. The van der Waals surface area contributed by atoms with E-state index in [4.69, 9.17) is 14.2 Å². The van der Waals surface area contributed by atoms with Gasteiger partial charge in [-0.05, 0) is 37.0 Å². The number of ether oxygens (including phenoxy) is 3. The molecule has 0 saturated heterocycles. The Morgan fingerprint density at radius 3 is 2.31 bits per heavy atom. The second-order valence-corrected chi connectivity index (χ2v) is 8.90. The Hall–Kier alpha value is -2.13. The second kappa shape index (κ2) is 16.5. The third-order valence-corrected chi connectivity index (χ3v) is 4.69. The molecule has 0 bridgehead atoms. The highest BCUT2D eigenvalue weighted by Crippen LogP contribution is 2.31. The van der Waals surface area contributed by atoms with Gasteiger partial charge in [0, 0.05) is 26.4 Å². The number of alkyl carbamates (subject to hydrolysis) is 1. The van der Waals surface area contributed by atoms with Crippen molar-refractivity contribution in [2.75, 3.05) is 39.6 Å². The molecule has 11 heteroatoms. The number of hydrogen-bond acceptors (Lipinski definition) is 8. The van der Waals surface area contributed by atoms with Crippen molar-refractivity contribution in [3.8, 4) is 5.75 Å². The number of carbonyl (C=O) groups is 2. The Morgan fingerprint density at radius 2 is 1.62 bits per heavy atom. The smallest absolute Gasteiger partial charge is 0.412 e. The van der Waals surface area contributed by atoms with E-state index in [0.717, 1.165) is 37.9 Å². The summed E-state index contributed by atoms with van der Waals surface area (Å²) in [5, 5.41) is 5.26. The van der Waals surface area contributed by atoms with Gasteiger partial charge in [0.05, 0.1) is 13.2 Å². The zero-order valence-corrected chi connectivity index (χ0v) is 19.7. The molecule has 0 aliphatic heterocycles. The minimum Gasteiger partial charge on any atom is -0.779 e. The summed E-state index contributed by atoms with van der Waals surface area (Å²) in [6, 6.07) is 6.66. The number of rotatable bonds is 16. The van der Waals surface area contributed by atoms with Gasteiger partial charge >= 0.3 is 12.2 Å². The molecule has 1 aromatic rings. The Labute approximate surface area is 189 Å². The lowest BCUT2D eigenvalue weighted by Crippen LogP contribution is -2.30. The van der Waals surface area contributed by atoms with E-state index in [0.29, 0.717) is 38.5 Å². The second-order valence-electron chi connectivity index (χ2n) is 7.09. The van der Waals surface area contributed by atoms with Gasteiger partial charge in [-0.15, -0.1) is 0 Å². The summed E-state index contributed by atoms with van der Waals surface area (Å²) in [5.74, 6) is 0.382.